The van der Waals surface area contributed by atoms with Gasteiger partial charge in [0.2, 0.25) is 0 Å². The lowest BCUT2D eigenvalue weighted by Crippen LogP contribution is -2.52. The Morgan fingerprint density at radius 3 is 1.50 bits per heavy atom. The third-order valence-electron chi connectivity index (χ3n) is 10.1. The lowest BCUT2D eigenvalue weighted by molar-refractivity contribution is 0.667. The molecular formula is C40H38BNS4. The molecule has 2 aliphatic heterocycles. The van der Waals surface area contributed by atoms with Gasteiger partial charge in [0.05, 0.1) is 0 Å². The van der Waals surface area contributed by atoms with E-state index in [1.807, 2.05) is 45.3 Å². The van der Waals surface area contributed by atoms with Gasteiger partial charge in [-0.05, 0) is 107 Å². The molecule has 230 valence electrons. The maximum absolute atomic E-state index is 2.78. The lowest BCUT2D eigenvalue weighted by Gasteiger charge is -2.29. The molecule has 0 N–H and O–H groups in total. The fraction of sp³-hybridized carbons (Fsp3) is 0.300. The minimum atomic E-state index is 0.214. The van der Waals surface area contributed by atoms with Crippen LogP contribution in [0, 0.1) is 0 Å². The summed E-state index contributed by atoms with van der Waals surface area (Å²) in [6.07, 6.45) is 12.7. The average molecular weight is 672 g/mol. The highest BCUT2D eigenvalue weighted by atomic mass is 32.1. The van der Waals surface area contributed by atoms with E-state index in [4.69, 9.17) is 0 Å². The minimum Gasteiger partial charge on any atom is -0.375 e. The second kappa shape index (κ2) is 12.0. The number of nitrogens with zero attached hydrogens (tertiary/aromatic N) is 1. The van der Waals surface area contributed by atoms with Gasteiger partial charge in [0, 0.05) is 62.2 Å². The van der Waals surface area contributed by atoms with Gasteiger partial charge in [0.25, 0.3) is 0 Å². The van der Waals surface area contributed by atoms with Crippen molar-refractivity contribution in [3.8, 4) is 40.4 Å². The van der Waals surface area contributed by atoms with E-state index in [-0.39, 0.29) is 6.85 Å². The summed E-state index contributed by atoms with van der Waals surface area (Å²) in [5, 5.41) is 7.39. The number of fused-ring (bicyclic) bond motifs is 7. The molecule has 0 saturated carbocycles. The molecule has 9 rings (SSSR count). The molecule has 0 aliphatic carbocycles. The fourth-order valence-corrected chi connectivity index (χ4v) is 12.1. The largest absolute Gasteiger partial charge is 0.375 e. The third-order valence-corrected chi connectivity index (χ3v) is 14.6. The van der Waals surface area contributed by atoms with Gasteiger partial charge >= 0.3 is 6.85 Å². The Morgan fingerprint density at radius 1 is 0.565 bits per heavy atom. The topological polar surface area (TPSA) is 4.93 Å². The summed E-state index contributed by atoms with van der Waals surface area (Å²) in [5.41, 5.74) is 11.9. The van der Waals surface area contributed by atoms with Crippen molar-refractivity contribution in [1.82, 2.24) is 4.48 Å². The summed E-state index contributed by atoms with van der Waals surface area (Å²) in [6.45, 7) is 4.84. The van der Waals surface area contributed by atoms with Crippen LogP contribution < -0.4 is 10.9 Å². The summed E-state index contributed by atoms with van der Waals surface area (Å²) in [5.74, 6) is 0. The number of hydrogen-bond acceptors (Lipinski definition) is 4. The molecule has 0 unspecified atom stereocenters. The van der Waals surface area contributed by atoms with Crippen molar-refractivity contribution in [1.29, 1.82) is 0 Å². The number of hydrogen-bond donors (Lipinski definition) is 0. The van der Waals surface area contributed by atoms with E-state index in [1.165, 1.54) is 148 Å². The smallest absolute Gasteiger partial charge is 0.331 e. The lowest BCUT2D eigenvalue weighted by atomic mass is 9.47. The molecule has 7 aromatic rings. The Balaban J connectivity index is 1.32. The normalized spacial score (nSPS) is 13.0. The van der Waals surface area contributed by atoms with Gasteiger partial charge in [-0.2, -0.15) is 0 Å². The second-order valence-corrected chi connectivity index (χ2v) is 17.2. The predicted octanol–water partition coefficient (Wildman–Crippen LogP) is 12.2. The monoisotopic (exact) mass is 671 g/mol. The summed E-state index contributed by atoms with van der Waals surface area (Å²) in [6, 6.07) is 24.4. The molecular weight excluding hydrogens is 634 g/mol. The summed E-state index contributed by atoms with van der Waals surface area (Å²) in [7, 11) is 0. The third kappa shape index (κ3) is 4.66. The molecule has 1 nitrogen and oxygen atoms in total. The van der Waals surface area contributed by atoms with Crippen molar-refractivity contribution >= 4 is 84.9 Å². The summed E-state index contributed by atoms with van der Waals surface area (Å²) >= 11 is 7.77. The van der Waals surface area contributed by atoms with Gasteiger partial charge in [-0.15, -0.1) is 45.3 Å². The van der Waals surface area contributed by atoms with Crippen molar-refractivity contribution in [3.63, 3.8) is 0 Å². The summed E-state index contributed by atoms with van der Waals surface area (Å²) in [4.78, 5) is 8.56. The fourth-order valence-electron chi connectivity index (χ4n) is 8.00. The molecule has 0 radical (unpaired) electrons. The van der Waals surface area contributed by atoms with E-state index in [1.54, 1.807) is 0 Å². The van der Waals surface area contributed by atoms with Crippen molar-refractivity contribution in [2.24, 2.45) is 0 Å². The zero-order chi connectivity index (χ0) is 30.8. The Bertz CT molecular complexity index is 2040. The maximum Gasteiger partial charge on any atom is 0.331 e. The van der Waals surface area contributed by atoms with Gasteiger partial charge in [0.1, 0.15) is 0 Å². The van der Waals surface area contributed by atoms with Crippen LogP contribution in [-0.4, -0.2) is 11.3 Å². The van der Waals surface area contributed by atoms with Crippen LogP contribution in [0.1, 0.15) is 76.3 Å². The van der Waals surface area contributed by atoms with Crippen LogP contribution in [0.15, 0.2) is 71.4 Å². The van der Waals surface area contributed by atoms with Crippen LogP contribution in [0.25, 0.3) is 62.2 Å². The molecule has 5 aromatic heterocycles. The maximum atomic E-state index is 2.78. The highest BCUT2D eigenvalue weighted by Crippen LogP contribution is 2.50. The predicted molar refractivity (Wildman–Crippen MR) is 209 cm³/mol. The summed E-state index contributed by atoms with van der Waals surface area (Å²) < 4.78 is 2.78. The number of aryl methyl sites for hydroxylation is 2. The van der Waals surface area contributed by atoms with Crippen molar-refractivity contribution in [2.75, 3.05) is 0 Å². The van der Waals surface area contributed by atoms with E-state index in [0.717, 1.165) is 0 Å². The quantitative estimate of drug-likeness (QED) is 0.0900. The molecule has 0 saturated heterocycles. The van der Waals surface area contributed by atoms with Crippen molar-refractivity contribution in [3.05, 3.63) is 82.6 Å². The Morgan fingerprint density at radius 2 is 1.07 bits per heavy atom. The van der Waals surface area contributed by atoms with Gasteiger partial charge in [-0.1, -0.05) is 64.5 Å². The van der Waals surface area contributed by atoms with Gasteiger partial charge in [-0.3, -0.25) is 0 Å². The van der Waals surface area contributed by atoms with E-state index < -0.39 is 0 Å². The molecule has 0 spiro atoms. The molecule has 0 fully saturated rings. The SMILES string of the molecule is CCCCCCc1cc2c3c(c1)c1cc(CCCCCC)cc4c1n3B(c1cc(-c3cccs3)sc1-2)c1cc(-c2cccs2)sc1-4. The van der Waals surface area contributed by atoms with Crippen LogP contribution in [0.3, 0.4) is 0 Å². The number of rotatable bonds is 12. The molecule has 7 heterocycles. The zero-order valence-corrected chi connectivity index (χ0v) is 29.9. The number of benzene rings is 2. The molecule has 46 heavy (non-hydrogen) atoms. The first-order chi connectivity index (χ1) is 22.7. The van der Waals surface area contributed by atoms with E-state index in [9.17, 15) is 0 Å². The highest BCUT2D eigenvalue weighted by molar-refractivity contribution is 7.26. The Kier molecular flexibility index (Phi) is 7.61. The molecule has 6 heteroatoms. The molecule has 2 aliphatic rings. The molecule has 0 bridgehead atoms. The first kappa shape index (κ1) is 29.3. The van der Waals surface area contributed by atoms with Gasteiger partial charge in [0.15, 0.2) is 0 Å². The van der Waals surface area contributed by atoms with Crippen LogP contribution in [0.2, 0.25) is 0 Å². The Labute approximate surface area is 288 Å². The number of aromatic nitrogens is 1. The van der Waals surface area contributed by atoms with Crippen molar-refractivity contribution < 1.29 is 0 Å². The van der Waals surface area contributed by atoms with E-state index >= 15 is 0 Å². The highest BCUT2D eigenvalue weighted by Gasteiger charge is 2.42. The van der Waals surface area contributed by atoms with Gasteiger partial charge in [-0.25, -0.2) is 0 Å². The first-order valence-electron chi connectivity index (χ1n) is 17.2. The van der Waals surface area contributed by atoms with Crippen LogP contribution >= 0.6 is 45.3 Å². The second-order valence-electron chi connectivity index (χ2n) is 13.2. The number of unbranched alkanes of at least 4 members (excludes halogenated alkanes) is 6. The molecule has 0 atom stereocenters. The molecule has 2 aromatic carbocycles. The Hall–Kier alpha value is -2.90. The minimum absolute atomic E-state index is 0.214. The van der Waals surface area contributed by atoms with Crippen LogP contribution in [-0.2, 0) is 12.8 Å². The zero-order valence-electron chi connectivity index (χ0n) is 26.7. The standard InChI is InChI=1S/C40H38BNS4/c1-3-5-7-9-13-25-19-27-28-20-26(14-10-8-6-4-2)22-30-38(28)42-37(27)29(21-25)39-31(23-35(45-39)33-15-11-17-43-33)41(42)32-24-36(46-40(30)32)34-16-12-18-44-34/h11-12,15-24H,3-10,13-14H2,1-2H3. The van der Waals surface area contributed by atoms with E-state index in [2.05, 4.69) is 89.7 Å². The van der Waals surface area contributed by atoms with Crippen LogP contribution in [0.4, 0.5) is 0 Å². The number of thiophene rings is 4. The van der Waals surface area contributed by atoms with Crippen LogP contribution in [0.5, 0.6) is 0 Å². The van der Waals surface area contributed by atoms with Gasteiger partial charge < -0.3 is 4.48 Å². The van der Waals surface area contributed by atoms with Crippen molar-refractivity contribution in [2.45, 2.75) is 78.1 Å². The molecule has 0 amide bonds. The first-order valence-corrected chi connectivity index (χ1v) is 20.6. The van der Waals surface area contributed by atoms with E-state index in [0.29, 0.717) is 0 Å². The average Bonchev–Trinajstić information content (AvgIpc) is 3.91.